The van der Waals surface area contributed by atoms with Crippen molar-refractivity contribution in [2.45, 2.75) is 51.1 Å². The molecule has 2 aromatic rings. The average Bonchev–Trinajstić information content (AvgIpc) is 3.17. The second kappa shape index (κ2) is 10.9. The molecular formula is C23H23F3N4O4. The van der Waals surface area contributed by atoms with E-state index in [1.54, 1.807) is 12.1 Å². The number of allylic oxidation sites excluding steroid dienone is 1. The van der Waals surface area contributed by atoms with Crippen LogP contribution in [0.3, 0.4) is 0 Å². The van der Waals surface area contributed by atoms with Crippen LogP contribution >= 0.6 is 0 Å². The zero-order valence-corrected chi connectivity index (χ0v) is 18.2. The molecule has 1 N–H and O–H groups in total. The smallest absolute Gasteiger partial charge is 0.475 e. The number of carboxylic acid groups (broad SMARTS) is 1. The molecule has 0 fully saturated rings. The number of nitriles is 1. The van der Waals surface area contributed by atoms with E-state index < -0.39 is 12.1 Å². The first-order valence-corrected chi connectivity index (χ1v) is 10.6. The van der Waals surface area contributed by atoms with Crippen LogP contribution in [0.1, 0.15) is 36.9 Å². The fraction of sp³-hybridized carbons (Fsp3) is 0.391. The van der Waals surface area contributed by atoms with Gasteiger partial charge in [-0.25, -0.2) is 9.78 Å². The Labute approximate surface area is 193 Å². The first-order chi connectivity index (χ1) is 16.2. The Morgan fingerprint density at radius 3 is 2.56 bits per heavy atom. The number of ether oxygens (including phenoxy) is 1. The molecule has 0 radical (unpaired) electrons. The Morgan fingerprint density at radius 1 is 1.21 bits per heavy atom. The van der Waals surface area contributed by atoms with Crippen LogP contribution in [0.5, 0.6) is 5.88 Å². The van der Waals surface area contributed by atoms with Crippen LogP contribution in [-0.4, -0.2) is 50.3 Å². The number of halogens is 3. The highest BCUT2D eigenvalue weighted by Gasteiger charge is 2.38. The lowest BCUT2D eigenvalue weighted by atomic mass is 9.98. The fourth-order valence-corrected chi connectivity index (χ4v) is 3.71. The van der Waals surface area contributed by atoms with Gasteiger partial charge in [0.05, 0.1) is 25.2 Å². The molecule has 1 aliphatic carbocycles. The van der Waals surface area contributed by atoms with E-state index in [1.165, 1.54) is 6.20 Å². The van der Waals surface area contributed by atoms with Crippen molar-refractivity contribution in [1.29, 1.82) is 5.26 Å². The third-order valence-corrected chi connectivity index (χ3v) is 5.35. The molecule has 0 saturated heterocycles. The van der Waals surface area contributed by atoms with Gasteiger partial charge in [0.15, 0.2) is 0 Å². The standard InChI is InChI=1S/C21H22N4O2.C2HF3O2/c22-11-16-8-9-20(23-12-16)27-19-14-24-10-4-7-18(24)13-25(15-19)21(26)17-5-2-1-3-6-17;3-2(4,5)1(6)7/h4-5,7-10,12,19H,1-3,6,13-15H2;(H,6,7). The summed E-state index contributed by atoms with van der Waals surface area (Å²) in [5.41, 5.74) is 2.53. The molecule has 0 saturated carbocycles. The number of aliphatic carboxylic acids is 1. The van der Waals surface area contributed by atoms with Crippen LogP contribution in [-0.2, 0) is 22.7 Å². The fourth-order valence-electron chi connectivity index (χ4n) is 3.71. The van der Waals surface area contributed by atoms with E-state index in [1.807, 2.05) is 17.2 Å². The number of nitrogens with zero attached hydrogens (tertiary/aromatic N) is 4. The van der Waals surface area contributed by atoms with Crippen molar-refractivity contribution in [2.75, 3.05) is 6.54 Å². The van der Waals surface area contributed by atoms with Gasteiger partial charge in [0.1, 0.15) is 12.2 Å². The predicted octanol–water partition coefficient (Wildman–Crippen LogP) is 3.68. The lowest BCUT2D eigenvalue weighted by Gasteiger charge is -2.26. The Balaban J connectivity index is 0.000000406. The summed E-state index contributed by atoms with van der Waals surface area (Å²) < 4.78 is 39.9. The van der Waals surface area contributed by atoms with Crippen LogP contribution < -0.4 is 4.74 Å². The number of fused-ring (bicyclic) bond motifs is 1. The summed E-state index contributed by atoms with van der Waals surface area (Å²) in [6.45, 7) is 1.76. The third kappa shape index (κ3) is 6.60. The van der Waals surface area contributed by atoms with Crippen molar-refractivity contribution in [2.24, 2.45) is 0 Å². The maximum absolute atomic E-state index is 13.1. The van der Waals surface area contributed by atoms with Crippen LogP contribution in [0.4, 0.5) is 13.2 Å². The topological polar surface area (TPSA) is 108 Å². The summed E-state index contributed by atoms with van der Waals surface area (Å²) in [6, 6.07) is 9.50. The van der Waals surface area contributed by atoms with Crippen molar-refractivity contribution < 1.29 is 32.6 Å². The van der Waals surface area contributed by atoms with E-state index in [9.17, 15) is 18.0 Å². The molecule has 0 bridgehead atoms. The molecule has 1 unspecified atom stereocenters. The van der Waals surface area contributed by atoms with Gasteiger partial charge in [-0.3, -0.25) is 4.79 Å². The first-order valence-electron chi connectivity index (χ1n) is 10.6. The van der Waals surface area contributed by atoms with E-state index in [-0.39, 0.29) is 12.0 Å². The molecule has 8 nitrogen and oxygen atoms in total. The number of aromatic nitrogens is 2. The zero-order valence-electron chi connectivity index (χ0n) is 18.2. The van der Waals surface area contributed by atoms with Crippen molar-refractivity contribution in [3.8, 4) is 11.9 Å². The van der Waals surface area contributed by atoms with Gasteiger partial charge in [-0.2, -0.15) is 18.4 Å². The van der Waals surface area contributed by atoms with Crippen molar-refractivity contribution >= 4 is 11.9 Å². The van der Waals surface area contributed by atoms with Crippen LogP contribution in [0.2, 0.25) is 0 Å². The van der Waals surface area contributed by atoms with Crippen molar-refractivity contribution in [3.05, 3.63) is 59.6 Å². The number of alkyl halides is 3. The van der Waals surface area contributed by atoms with E-state index in [2.05, 4.69) is 27.8 Å². The highest BCUT2D eigenvalue weighted by molar-refractivity contribution is 5.93. The zero-order chi connectivity index (χ0) is 24.7. The Bertz CT molecular complexity index is 1090. The van der Waals surface area contributed by atoms with E-state index in [4.69, 9.17) is 19.9 Å². The summed E-state index contributed by atoms with van der Waals surface area (Å²) in [4.78, 5) is 28.1. The Kier molecular flexibility index (Phi) is 7.94. The van der Waals surface area contributed by atoms with Gasteiger partial charge in [-0.1, -0.05) is 6.08 Å². The average molecular weight is 476 g/mol. The molecule has 4 rings (SSSR count). The molecule has 2 aromatic heterocycles. The SMILES string of the molecule is N#Cc1ccc(OC2CN(C(=O)C3=CCCCC3)Cc3cccn3C2)nc1.O=C(O)C(F)(F)F. The summed E-state index contributed by atoms with van der Waals surface area (Å²) in [5, 5.41) is 16.0. The van der Waals surface area contributed by atoms with Crippen LogP contribution in [0.25, 0.3) is 0 Å². The van der Waals surface area contributed by atoms with Gasteiger partial charge in [0.25, 0.3) is 0 Å². The molecular weight excluding hydrogens is 453 g/mol. The second-order valence-electron chi connectivity index (χ2n) is 7.85. The largest absolute Gasteiger partial charge is 0.490 e. The Hall–Kier alpha value is -3.81. The van der Waals surface area contributed by atoms with E-state index in [0.29, 0.717) is 31.1 Å². The van der Waals surface area contributed by atoms with Crippen LogP contribution in [0.15, 0.2) is 48.3 Å². The number of carboxylic acids is 1. The minimum atomic E-state index is -5.08. The molecule has 0 aromatic carbocycles. The number of amides is 1. The summed E-state index contributed by atoms with van der Waals surface area (Å²) >= 11 is 0. The van der Waals surface area contributed by atoms with Crippen molar-refractivity contribution in [3.63, 3.8) is 0 Å². The molecule has 180 valence electrons. The first kappa shape index (κ1) is 24.8. The van der Waals surface area contributed by atoms with E-state index >= 15 is 0 Å². The van der Waals surface area contributed by atoms with Gasteiger partial charge in [0.2, 0.25) is 11.8 Å². The van der Waals surface area contributed by atoms with Crippen LogP contribution in [0, 0.1) is 11.3 Å². The number of hydrogen-bond donors (Lipinski definition) is 1. The number of hydrogen-bond acceptors (Lipinski definition) is 5. The lowest BCUT2D eigenvalue weighted by molar-refractivity contribution is -0.192. The third-order valence-electron chi connectivity index (χ3n) is 5.35. The second-order valence-corrected chi connectivity index (χ2v) is 7.85. The van der Waals surface area contributed by atoms with Crippen molar-refractivity contribution in [1.82, 2.24) is 14.5 Å². The molecule has 34 heavy (non-hydrogen) atoms. The van der Waals surface area contributed by atoms with Gasteiger partial charge < -0.3 is 19.3 Å². The molecule has 1 amide bonds. The molecule has 2 aliphatic rings. The normalized spacial score (nSPS) is 17.8. The number of pyridine rings is 1. The van der Waals surface area contributed by atoms with Gasteiger partial charge in [-0.15, -0.1) is 0 Å². The summed E-state index contributed by atoms with van der Waals surface area (Å²) in [7, 11) is 0. The Morgan fingerprint density at radius 2 is 1.97 bits per heavy atom. The maximum atomic E-state index is 13.1. The highest BCUT2D eigenvalue weighted by Crippen LogP contribution is 2.23. The van der Waals surface area contributed by atoms with Gasteiger partial charge in [-0.05, 0) is 43.9 Å². The van der Waals surface area contributed by atoms with Gasteiger partial charge >= 0.3 is 12.1 Å². The molecule has 1 aliphatic heterocycles. The molecule has 3 heterocycles. The molecule has 0 spiro atoms. The monoisotopic (exact) mass is 476 g/mol. The number of rotatable bonds is 3. The lowest BCUT2D eigenvalue weighted by Crippen LogP contribution is -2.39. The number of carbonyl (C=O) groups is 2. The summed E-state index contributed by atoms with van der Waals surface area (Å²) in [6.07, 6.45) is 4.42. The quantitative estimate of drug-likeness (QED) is 0.724. The molecule has 1 atom stereocenters. The predicted molar refractivity (Wildman–Crippen MR) is 113 cm³/mol. The highest BCUT2D eigenvalue weighted by atomic mass is 19.4. The minimum absolute atomic E-state index is 0.116. The molecule has 11 heteroatoms. The number of carbonyl (C=O) groups excluding carboxylic acids is 1. The van der Waals surface area contributed by atoms with E-state index in [0.717, 1.165) is 37.0 Å². The minimum Gasteiger partial charge on any atom is -0.475 e. The summed E-state index contributed by atoms with van der Waals surface area (Å²) in [5.74, 6) is -2.17. The van der Waals surface area contributed by atoms with Gasteiger partial charge in [0, 0.05) is 29.7 Å². The maximum Gasteiger partial charge on any atom is 0.490 e.